The fourth-order valence-electron chi connectivity index (χ4n) is 3.08. The number of nitrogens with two attached hydrogens (primary N) is 1. The third kappa shape index (κ3) is 4.17. The Bertz CT molecular complexity index is 453. The predicted molar refractivity (Wildman–Crippen MR) is 87.3 cm³/mol. The van der Waals surface area contributed by atoms with Crippen molar-refractivity contribution in [1.82, 2.24) is 4.90 Å². The number of halogens is 1. The molecule has 0 bridgehead atoms. The maximum Gasteiger partial charge on any atom is 0.123 e. The van der Waals surface area contributed by atoms with Crippen LogP contribution >= 0.6 is 0 Å². The molecular weight excluding hydrogens is 265 g/mol. The van der Waals surface area contributed by atoms with Crippen LogP contribution in [0.4, 0.5) is 10.1 Å². The molecule has 3 nitrogen and oxygen atoms in total. The van der Waals surface area contributed by atoms with E-state index in [0.717, 1.165) is 50.0 Å². The van der Waals surface area contributed by atoms with E-state index < -0.39 is 0 Å². The Balaban J connectivity index is 2.12. The Labute approximate surface area is 127 Å². The highest BCUT2D eigenvalue weighted by molar-refractivity contribution is 5.54. The monoisotopic (exact) mass is 293 g/mol. The molecule has 21 heavy (non-hydrogen) atoms. The van der Waals surface area contributed by atoms with Gasteiger partial charge in [0.2, 0.25) is 0 Å². The van der Waals surface area contributed by atoms with Crippen molar-refractivity contribution in [2.45, 2.75) is 44.7 Å². The zero-order valence-electron chi connectivity index (χ0n) is 13.5. The van der Waals surface area contributed by atoms with Crippen molar-refractivity contribution in [2.75, 3.05) is 32.1 Å². The van der Waals surface area contributed by atoms with Gasteiger partial charge in [-0.2, -0.15) is 0 Å². The molecule has 1 heterocycles. The molecule has 4 heteroatoms. The normalized spacial score (nSPS) is 18.3. The molecule has 2 N–H and O–H groups in total. The first-order chi connectivity index (χ1) is 10.0. The van der Waals surface area contributed by atoms with Crippen molar-refractivity contribution in [3.05, 3.63) is 29.6 Å². The van der Waals surface area contributed by atoms with Crippen LogP contribution in [0.15, 0.2) is 18.2 Å². The van der Waals surface area contributed by atoms with Gasteiger partial charge >= 0.3 is 0 Å². The smallest absolute Gasteiger partial charge is 0.123 e. The minimum atomic E-state index is -0.166. The SMILES string of the molecule is CCC(N)Cc1cc(F)ccc1N1CCC(N(C)C)CC1. The van der Waals surface area contributed by atoms with Crippen molar-refractivity contribution in [3.8, 4) is 0 Å². The van der Waals surface area contributed by atoms with E-state index in [1.165, 1.54) is 0 Å². The van der Waals surface area contributed by atoms with Crippen molar-refractivity contribution < 1.29 is 4.39 Å². The number of piperidine rings is 1. The molecule has 0 radical (unpaired) electrons. The van der Waals surface area contributed by atoms with E-state index in [0.29, 0.717) is 6.04 Å². The van der Waals surface area contributed by atoms with Gasteiger partial charge in [0.25, 0.3) is 0 Å². The number of rotatable bonds is 5. The van der Waals surface area contributed by atoms with E-state index in [9.17, 15) is 4.39 Å². The highest BCUT2D eigenvalue weighted by Crippen LogP contribution is 2.27. The molecule has 0 saturated carbocycles. The van der Waals surface area contributed by atoms with Gasteiger partial charge in [-0.15, -0.1) is 0 Å². The van der Waals surface area contributed by atoms with Gasteiger partial charge in [-0.05, 0) is 63.5 Å². The summed E-state index contributed by atoms with van der Waals surface area (Å²) < 4.78 is 13.6. The van der Waals surface area contributed by atoms with Gasteiger partial charge in [-0.1, -0.05) is 6.92 Å². The summed E-state index contributed by atoms with van der Waals surface area (Å²) in [4.78, 5) is 4.69. The van der Waals surface area contributed by atoms with Crippen LogP contribution in [0, 0.1) is 5.82 Å². The second kappa shape index (κ2) is 7.23. The minimum absolute atomic E-state index is 0.102. The molecule has 1 aliphatic rings. The first-order valence-electron chi connectivity index (χ1n) is 7.96. The topological polar surface area (TPSA) is 32.5 Å². The molecule has 1 fully saturated rings. The molecule has 1 unspecified atom stereocenters. The quantitative estimate of drug-likeness (QED) is 0.906. The second-order valence-electron chi connectivity index (χ2n) is 6.33. The first-order valence-corrected chi connectivity index (χ1v) is 7.96. The third-order valence-electron chi connectivity index (χ3n) is 4.58. The number of anilines is 1. The summed E-state index contributed by atoms with van der Waals surface area (Å²) in [5.74, 6) is -0.166. The molecule has 1 saturated heterocycles. The fourth-order valence-corrected chi connectivity index (χ4v) is 3.08. The summed E-state index contributed by atoms with van der Waals surface area (Å²) in [6.07, 6.45) is 3.98. The van der Waals surface area contributed by atoms with Gasteiger partial charge in [0.05, 0.1) is 0 Å². The molecule has 1 aromatic carbocycles. The second-order valence-corrected chi connectivity index (χ2v) is 6.33. The summed E-state index contributed by atoms with van der Waals surface area (Å²) in [6.45, 7) is 4.14. The van der Waals surface area contributed by atoms with Crippen LogP contribution in [0.1, 0.15) is 31.7 Å². The third-order valence-corrected chi connectivity index (χ3v) is 4.58. The highest BCUT2D eigenvalue weighted by atomic mass is 19.1. The van der Waals surface area contributed by atoms with E-state index >= 15 is 0 Å². The molecule has 0 amide bonds. The van der Waals surface area contributed by atoms with Crippen LogP contribution in [0.5, 0.6) is 0 Å². The van der Waals surface area contributed by atoms with Crippen LogP contribution in [0.25, 0.3) is 0 Å². The van der Waals surface area contributed by atoms with Crippen LogP contribution in [-0.4, -0.2) is 44.2 Å². The molecule has 1 aliphatic heterocycles. The molecule has 0 aromatic heterocycles. The lowest BCUT2D eigenvalue weighted by atomic mass is 9.99. The van der Waals surface area contributed by atoms with Crippen molar-refractivity contribution in [3.63, 3.8) is 0 Å². The highest BCUT2D eigenvalue weighted by Gasteiger charge is 2.22. The minimum Gasteiger partial charge on any atom is -0.371 e. The molecule has 2 rings (SSSR count). The van der Waals surface area contributed by atoms with Crippen molar-refractivity contribution in [2.24, 2.45) is 5.73 Å². The summed E-state index contributed by atoms with van der Waals surface area (Å²) in [5, 5.41) is 0. The summed E-state index contributed by atoms with van der Waals surface area (Å²) in [5.41, 5.74) is 8.28. The summed E-state index contributed by atoms with van der Waals surface area (Å²) >= 11 is 0. The van der Waals surface area contributed by atoms with Gasteiger partial charge < -0.3 is 15.5 Å². The van der Waals surface area contributed by atoms with Gasteiger partial charge in [-0.3, -0.25) is 0 Å². The molecule has 1 atom stereocenters. The zero-order chi connectivity index (χ0) is 15.4. The predicted octanol–water partition coefficient (Wildman–Crippen LogP) is 2.64. The molecule has 1 aromatic rings. The summed E-state index contributed by atoms with van der Waals surface area (Å²) in [6, 6.07) is 5.90. The van der Waals surface area contributed by atoms with Gasteiger partial charge in [0, 0.05) is 30.9 Å². The van der Waals surface area contributed by atoms with Gasteiger partial charge in [0.1, 0.15) is 5.82 Å². The Hall–Kier alpha value is -1.13. The fraction of sp³-hybridized carbons (Fsp3) is 0.647. The van der Waals surface area contributed by atoms with E-state index in [1.807, 2.05) is 6.07 Å². The van der Waals surface area contributed by atoms with Crippen molar-refractivity contribution in [1.29, 1.82) is 0 Å². The van der Waals surface area contributed by atoms with Crippen LogP contribution < -0.4 is 10.6 Å². The maximum absolute atomic E-state index is 13.6. The Morgan fingerprint density at radius 1 is 1.33 bits per heavy atom. The van der Waals surface area contributed by atoms with Crippen LogP contribution in [-0.2, 0) is 6.42 Å². The average molecular weight is 293 g/mol. The van der Waals surface area contributed by atoms with E-state index in [-0.39, 0.29) is 11.9 Å². The molecule has 0 aliphatic carbocycles. The van der Waals surface area contributed by atoms with Gasteiger partial charge in [-0.25, -0.2) is 4.39 Å². The Morgan fingerprint density at radius 2 is 2.00 bits per heavy atom. The molecule has 0 spiro atoms. The zero-order valence-corrected chi connectivity index (χ0v) is 13.5. The van der Waals surface area contributed by atoms with Crippen LogP contribution in [0.3, 0.4) is 0 Å². The number of benzene rings is 1. The lowest BCUT2D eigenvalue weighted by Gasteiger charge is -2.37. The van der Waals surface area contributed by atoms with Crippen molar-refractivity contribution >= 4 is 5.69 Å². The van der Waals surface area contributed by atoms with E-state index in [2.05, 4.69) is 30.8 Å². The number of hydrogen-bond acceptors (Lipinski definition) is 3. The van der Waals surface area contributed by atoms with Gasteiger partial charge in [0.15, 0.2) is 0 Å². The lowest BCUT2D eigenvalue weighted by molar-refractivity contribution is 0.249. The standard InChI is InChI=1S/C17H28FN3/c1-4-15(19)12-13-11-14(18)5-6-17(13)21-9-7-16(8-10-21)20(2)3/h5-6,11,15-16H,4,7-10,12,19H2,1-3H3. The Kier molecular flexibility index (Phi) is 5.59. The largest absolute Gasteiger partial charge is 0.371 e. The van der Waals surface area contributed by atoms with E-state index in [4.69, 9.17) is 5.73 Å². The maximum atomic E-state index is 13.6. The molecular formula is C17H28FN3. The van der Waals surface area contributed by atoms with Crippen LogP contribution in [0.2, 0.25) is 0 Å². The Morgan fingerprint density at radius 3 is 2.57 bits per heavy atom. The number of hydrogen-bond donors (Lipinski definition) is 1. The molecule has 118 valence electrons. The average Bonchev–Trinajstić information content (AvgIpc) is 2.47. The summed E-state index contributed by atoms with van der Waals surface area (Å²) in [7, 11) is 4.29. The number of nitrogens with zero attached hydrogens (tertiary/aromatic N) is 2. The lowest BCUT2D eigenvalue weighted by Crippen LogP contribution is -2.42. The first kappa shape index (κ1) is 16.2. The van der Waals surface area contributed by atoms with E-state index in [1.54, 1.807) is 12.1 Å².